The van der Waals surface area contributed by atoms with Gasteiger partial charge in [-0.2, -0.15) is 5.10 Å². The number of fused-ring (bicyclic) bond motifs is 1. The molecular weight excluding hydrogens is 364 g/mol. The van der Waals surface area contributed by atoms with E-state index in [2.05, 4.69) is 26.0 Å². The van der Waals surface area contributed by atoms with Gasteiger partial charge in [-0.3, -0.25) is 4.98 Å². The first-order valence-corrected chi connectivity index (χ1v) is 8.05. The highest BCUT2D eigenvalue weighted by Gasteiger charge is 2.28. The molecule has 0 N–H and O–H groups in total. The van der Waals surface area contributed by atoms with E-state index in [9.17, 15) is 8.78 Å². The molecule has 0 radical (unpaired) electrons. The van der Waals surface area contributed by atoms with Crippen LogP contribution in [-0.4, -0.2) is 14.8 Å². The molecule has 23 heavy (non-hydrogen) atoms. The van der Waals surface area contributed by atoms with E-state index < -0.39 is 11.6 Å². The van der Waals surface area contributed by atoms with Crippen LogP contribution in [-0.2, 0) is 6.42 Å². The maximum absolute atomic E-state index is 13.5. The fourth-order valence-electron chi connectivity index (χ4n) is 3.10. The first kappa shape index (κ1) is 14.5. The van der Waals surface area contributed by atoms with Gasteiger partial charge in [0.25, 0.3) is 0 Å². The lowest BCUT2D eigenvalue weighted by atomic mass is 9.97. The summed E-state index contributed by atoms with van der Waals surface area (Å²) < 4.78 is 29.6. The van der Waals surface area contributed by atoms with Crippen LogP contribution in [0.15, 0.2) is 47.3 Å². The highest BCUT2D eigenvalue weighted by atomic mass is 79.9. The Morgan fingerprint density at radius 3 is 2.61 bits per heavy atom. The second-order valence-electron chi connectivity index (χ2n) is 5.64. The van der Waals surface area contributed by atoms with Gasteiger partial charge in [-0.1, -0.05) is 0 Å². The largest absolute Gasteiger partial charge is 0.261 e. The Kier molecular flexibility index (Phi) is 3.49. The topological polar surface area (TPSA) is 30.7 Å². The minimum Gasteiger partial charge on any atom is -0.261 e. The predicted octanol–water partition coefficient (Wildman–Crippen LogP) is 4.39. The molecule has 0 aliphatic heterocycles. The third-order valence-corrected chi connectivity index (χ3v) is 4.53. The Morgan fingerprint density at radius 1 is 1.09 bits per heavy atom. The Morgan fingerprint density at radius 2 is 1.87 bits per heavy atom. The summed E-state index contributed by atoms with van der Waals surface area (Å²) in [5.41, 5.74) is 3.48. The smallest absolute Gasteiger partial charge is 0.126 e. The van der Waals surface area contributed by atoms with E-state index in [1.165, 1.54) is 12.1 Å². The highest BCUT2D eigenvalue weighted by molar-refractivity contribution is 9.10. The third kappa shape index (κ3) is 2.67. The molecule has 3 nitrogen and oxygen atoms in total. The molecule has 0 amide bonds. The molecule has 0 spiro atoms. The van der Waals surface area contributed by atoms with E-state index in [0.29, 0.717) is 5.56 Å². The van der Waals surface area contributed by atoms with E-state index in [4.69, 9.17) is 0 Å². The predicted molar refractivity (Wildman–Crippen MR) is 85.6 cm³/mol. The molecule has 0 unspecified atom stereocenters. The van der Waals surface area contributed by atoms with E-state index in [0.717, 1.165) is 40.3 Å². The Hall–Kier alpha value is -2.08. The van der Waals surface area contributed by atoms with Crippen molar-refractivity contribution in [2.75, 3.05) is 0 Å². The van der Waals surface area contributed by atoms with Gasteiger partial charge in [0.1, 0.15) is 11.6 Å². The Labute approximate surface area is 140 Å². The molecule has 2 aromatic heterocycles. The standard InChI is InChI=1S/C17H12BrF2N3/c18-12-5-15(8-21-7-12)23-9-10-1-2-16(17(10)22-23)11-3-13(19)6-14(20)4-11/h3-9,16H,1-2H2/t16-/m0/s1. The third-order valence-electron chi connectivity index (χ3n) is 4.10. The fourth-order valence-corrected chi connectivity index (χ4v) is 3.46. The zero-order chi connectivity index (χ0) is 16.0. The second-order valence-corrected chi connectivity index (χ2v) is 6.56. The molecule has 116 valence electrons. The van der Waals surface area contributed by atoms with E-state index in [1.807, 2.05) is 12.3 Å². The average Bonchev–Trinajstić information content (AvgIpc) is 3.06. The van der Waals surface area contributed by atoms with Crippen molar-refractivity contribution in [1.29, 1.82) is 0 Å². The van der Waals surface area contributed by atoms with Gasteiger partial charge in [0.05, 0.1) is 17.6 Å². The summed E-state index contributed by atoms with van der Waals surface area (Å²) in [5.74, 6) is -1.18. The normalized spacial score (nSPS) is 16.6. The van der Waals surface area contributed by atoms with Crippen LogP contribution in [0.25, 0.3) is 5.69 Å². The average molecular weight is 376 g/mol. The van der Waals surface area contributed by atoms with Gasteiger partial charge < -0.3 is 0 Å². The molecule has 0 saturated carbocycles. The summed E-state index contributed by atoms with van der Waals surface area (Å²) >= 11 is 3.39. The zero-order valence-corrected chi connectivity index (χ0v) is 13.6. The summed E-state index contributed by atoms with van der Waals surface area (Å²) in [4.78, 5) is 4.14. The van der Waals surface area contributed by atoms with Gasteiger partial charge in [-0.25, -0.2) is 13.5 Å². The molecule has 3 aromatic rings. The summed E-state index contributed by atoms with van der Waals surface area (Å²) in [7, 11) is 0. The van der Waals surface area contributed by atoms with Gasteiger partial charge in [0.15, 0.2) is 0 Å². The lowest BCUT2D eigenvalue weighted by Gasteiger charge is -2.10. The molecule has 6 heteroatoms. The molecule has 0 fully saturated rings. The molecule has 0 bridgehead atoms. The lowest BCUT2D eigenvalue weighted by Crippen LogP contribution is -2.03. The number of halogens is 3. The number of pyridine rings is 1. The Balaban J connectivity index is 1.74. The number of aromatic nitrogens is 3. The molecule has 1 aliphatic rings. The summed E-state index contributed by atoms with van der Waals surface area (Å²) in [6.45, 7) is 0. The van der Waals surface area contributed by atoms with E-state index >= 15 is 0 Å². The van der Waals surface area contributed by atoms with Crippen molar-refractivity contribution in [3.05, 3.63) is 75.8 Å². The first-order chi connectivity index (χ1) is 11.1. The van der Waals surface area contributed by atoms with Crippen molar-refractivity contribution in [3.8, 4) is 5.69 Å². The Bertz CT molecular complexity index is 871. The number of hydrogen-bond acceptors (Lipinski definition) is 2. The van der Waals surface area contributed by atoms with Crippen molar-refractivity contribution >= 4 is 15.9 Å². The van der Waals surface area contributed by atoms with Gasteiger partial charge >= 0.3 is 0 Å². The van der Waals surface area contributed by atoms with Gasteiger partial charge in [-0.05, 0) is 58.1 Å². The van der Waals surface area contributed by atoms with Crippen LogP contribution in [0.1, 0.15) is 29.2 Å². The van der Waals surface area contributed by atoms with Crippen LogP contribution in [0.3, 0.4) is 0 Å². The molecule has 0 saturated heterocycles. The van der Waals surface area contributed by atoms with Crippen molar-refractivity contribution in [1.82, 2.24) is 14.8 Å². The summed E-state index contributed by atoms with van der Waals surface area (Å²) in [6.07, 6.45) is 7.06. The number of rotatable bonds is 2. The van der Waals surface area contributed by atoms with Crippen molar-refractivity contribution in [3.63, 3.8) is 0 Å². The van der Waals surface area contributed by atoms with Crippen LogP contribution >= 0.6 is 15.9 Å². The molecule has 1 aromatic carbocycles. The van der Waals surface area contributed by atoms with Crippen molar-refractivity contribution in [2.24, 2.45) is 0 Å². The summed E-state index contributed by atoms with van der Waals surface area (Å²) in [6, 6.07) is 5.60. The van der Waals surface area contributed by atoms with Crippen LogP contribution in [0.2, 0.25) is 0 Å². The van der Waals surface area contributed by atoms with Gasteiger partial charge in [0.2, 0.25) is 0 Å². The second kappa shape index (κ2) is 5.53. The fraction of sp³-hybridized carbons (Fsp3) is 0.176. The number of nitrogens with zero attached hydrogens (tertiary/aromatic N) is 3. The molecule has 4 rings (SSSR count). The van der Waals surface area contributed by atoms with Crippen LogP contribution in [0.5, 0.6) is 0 Å². The van der Waals surface area contributed by atoms with Crippen molar-refractivity contribution in [2.45, 2.75) is 18.8 Å². The maximum atomic E-state index is 13.5. The van der Waals surface area contributed by atoms with E-state index in [-0.39, 0.29) is 5.92 Å². The van der Waals surface area contributed by atoms with Gasteiger partial charge in [-0.15, -0.1) is 0 Å². The maximum Gasteiger partial charge on any atom is 0.126 e. The quantitative estimate of drug-likeness (QED) is 0.665. The van der Waals surface area contributed by atoms with E-state index in [1.54, 1.807) is 17.1 Å². The van der Waals surface area contributed by atoms with Crippen LogP contribution < -0.4 is 0 Å². The molecule has 1 atom stereocenters. The van der Waals surface area contributed by atoms with Crippen molar-refractivity contribution < 1.29 is 8.78 Å². The van der Waals surface area contributed by atoms with Crippen LogP contribution in [0.4, 0.5) is 8.78 Å². The SMILES string of the molecule is Fc1cc(F)cc([C@@H]2CCc3cn(-c4cncc(Br)c4)nc32)c1. The zero-order valence-electron chi connectivity index (χ0n) is 12.0. The highest BCUT2D eigenvalue weighted by Crippen LogP contribution is 2.38. The number of hydrogen-bond donors (Lipinski definition) is 0. The lowest BCUT2D eigenvalue weighted by molar-refractivity contribution is 0.575. The first-order valence-electron chi connectivity index (χ1n) is 7.25. The minimum absolute atomic E-state index is 0.0726. The monoisotopic (exact) mass is 375 g/mol. The number of benzene rings is 1. The molecule has 1 aliphatic carbocycles. The summed E-state index contributed by atoms with van der Waals surface area (Å²) in [5, 5.41) is 4.63. The van der Waals surface area contributed by atoms with Crippen LogP contribution in [0, 0.1) is 11.6 Å². The molecular formula is C17H12BrF2N3. The number of aryl methyl sites for hydroxylation is 1. The van der Waals surface area contributed by atoms with Gasteiger partial charge in [0, 0.05) is 28.9 Å². The molecule has 2 heterocycles. The minimum atomic E-state index is -0.552.